The van der Waals surface area contributed by atoms with Gasteiger partial charge in [0.05, 0.1) is 6.61 Å². The highest BCUT2D eigenvalue weighted by Crippen LogP contribution is 2.50. The topological polar surface area (TPSA) is 41.5 Å². The van der Waals surface area contributed by atoms with E-state index in [1.54, 1.807) is 0 Å². The van der Waals surface area contributed by atoms with Crippen LogP contribution in [0.1, 0.15) is 41.2 Å². The molecule has 2 aliphatic rings. The van der Waals surface area contributed by atoms with Gasteiger partial charge >= 0.3 is 6.18 Å². The molecule has 112 valence electrons. The molecule has 3 atom stereocenters. The molecular formula is C13H16F3NO2S. The summed E-state index contributed by atoms with van der Waals surface area (Å²) in [5.41, 5.74) is -0.282. The Balaban J connectivity index is 2.06. The summed E-state index contributed by atoms with van der Waals surface area (Å²) in [4.78, 5) is -0.102. The summed E-state index contributed by atoms with van der Waals surface area (Å²) in [7, 11) is 0. The molecule has 3 nitrogen and oxygen atoms in total. The van der Waals surface area contributed by atoms with Crippen LogP contribution in [0.2, 0.25) is 0 Å². The van der Waals surface area contributed by atoms with Crippen molar-refractivity contribution in [1.82, 2.24) is 5.32 Å². The van der Waals surface area contributed by atoms with Crippen LogP contribution in [-0.4, -0.2) is 24.3 Å². The highest BCUT2D eigenvalue weighted by atomic mass is 32.1. The molecule has 2 aliphatic heterocycles. The van der Waals surface area contributed by atoms with Gasteiger partial charge in [0.15, 0.2) is 0 Å². The molecule has 0 bridgehead atoms. The lowest BCUT2D eigenvalue weighted by Crippen LogP contribution is -2.48. The van der Waals surface area contributed by atoms with Crippen LogP contribution in [-0.2, 0) is 16.5 Å². The standard InChI is InChI=1S/C13H16F3NO2S/c1-7-5-12(2-3-17-7)11-8(9(18)6-19-12)4-10(20-11)13(14,15)16/h4,7,9,17-18H,2-3,5-6H2,1H3. The van der Waals surface area contributed by atoms with Crippen molar-refractivity contribution < 1.29 is 23.0 Å². The molecule has 1 aromatic rings. The molecule has 0 radical (unpaired) electrons. The molecule has 0 aromatic carbocycles. The molecule has 2 N–H and O–H groups in total. The predicted molar refractivity (Wildman–Crippen MR) is 68.6 cm³/mol. The predicted octanol–water partition coefficient (Wildman–Crippen LogP) is 2.80. The summed E-state index contributed by atoms with van der Waals surface area (Å²) < 4.78 is 44.5. The average Bonchev–Trinajstić information content (AvgIpc) is 2.81. The fourth-order valence-electron chi connectivity index (χ4n) is 3.07. The number of ether oxygens (including phenoxy) is 1. The zero-order chi connectivity index (χ0) is 14.5. The highest BCUT2D eigenvalue weighted by molar-refractivity contribution is 7.12. The lowest BCUT2D eigenvalue weighted by Gasteiger charge is -2.43. The van der Waals surface area contributed by atoms with Crippen molar-refractivity contribution in [1.29, 1.82) is 0 Å². The first-order valence-corrected chi connectivity index (χ1v) is 7.40. The third-order valence-corrected chi connectivity index (χ3v) is 5.37. The molecule has 1 spiro atoms. The van der Waals surface area contributed by atoms with Crippen LogP contribution < -0.4 is 5.32 Å². The Labute approximate surface area is 118 Å². The smallest absolute Gasteiger partial charge is 0.386 e. The summed E-state index contributed by atoms with van der Waals surface area (Å²) in [5, 5.41) is 13.2. The highest BCUT2D eigenvalue weighted by Gasteiger charge is 2.47. The second-order valence-corrected chi connectivity index (χ2v) is 6.58. The summed E-state index contributed by atoms with van der Waals surface area (Å²) in [6.07, 6.45) is -4.07. The first-order valence-electron chi connectivity index (χ1n) is 6.59. The molecule has 1 aromatic heterocycles. The third kappa shape index (κ3) is 2.26. The summed E-state index contributed by atoms with van der Waals surface area (Å²) in [5.74, 6) is 0. The minimum Gasteiger partial charge on any atom is -0.386 e. The molecule has 20 heavy (non-hydrogen) atoms. The van der Waals surface area contributed by atoms with E-state index in [2.05, 4.69) is 5.32 Å². The van der Waals surface area contributed by atoms with Gasteiger partial charge in [-0.1, -0.05) is 0 Å². The summed E-state index contributed by atoms with van der Waals surface area (Å²) in [6, 6.07) is 1.27. The molecule has 7 heteroatoms. The fraction of sp³-hybridized carbons (Fsp3) is 0.692. The van der Waals surface area contributed by atoms with Crippen molar-refractivity contribution in [3.8, 4) is 0 Å². The van der Waals surface area contributed by atoms with E-state index in [0.717, 1.165) is 6.07 Å². The minimum absolute atomic E-state index is 0.0632. The van der Waals surface area contributed by atoms with Gasteiger partial charge < -0.3 is 15.2 Å². The number of alkyl halides is 3. The number of thiophene rings is 1. The van der Waals surface area contributed by atoms with Crippen LogP contribution in [0.25, 0.3) is 0 Å². The zero-order valence-electron chi connectivity index (χ0n) is 11.0. The number of hydrogen-bond donors (Lipinski definition) is 2. The number of aliphatic hydroxyl groups excluding tert-OH is 1. The van der Waals surface area contributed by atoms with E-state index in [4.69, 9.17) is 4.74 Å². The molecule has 0 saturated carbocycles. The van der Waals surface area contributed by atoms with Gasteiger partial charge in [0.25, 0.3) is 0 Å². The number of fused-ring (bicyclic) bond motifs is 2. The van der Waals surface area contributed by atoms with Crippen LogP contribution in [0.4, 0.5) is 13.2 Å². The Hall–Kier alpha value is -0.630. The van der Waals surface area contributed by atoms with Crippen molar-refractivity contribution in [2.45, 2.75) is 43.7 Å². The molecule has 0 amide bonds. The van der Waals surface area contributed by atoms with Gasteiger partial charge in [-0.2, -0.15) is 13.2 Å². The third-order valence-electron chi connectivity index (χ3n) is 3.99. The summed E-state index contributed by atoms with van der Waals surface area (Å²) in [6.45, 7) is 2.76. The maximum absolute atomic E-state index is 12.9. The maximum Gasteiger partial charge on any atom is 0.425 e. The van der Waals surface area contributed by atoms with Crippen LogP contribution in [0.3, 0.4) is 0 Å². The normalized spacial score (nSPS) is 34.2. The van der Waals surface area contributed by atoms with E-state index in [9.17, 15) is 18.3 Å². The molecule has 3 heterocycles. The minimum atomic E-state index is -4.37. The van der Waals surface area contributed by atoms with Gasteiger partial charge in [0.2, 0.25) is 0 Å². The Morgan fingerprint density at radius 3 is 2.90 bits per heavy atom. The van der Waals surface area contributed by atoms with Gasteiger partial charge in [0, 0.05) is 16.5 Å². The number of hydrogen-bond acceptors (Lipinski definition) is 4. The van der Waals surface area contributed by atoms with Gasteiger partial charge in [0.1, 0.15) is 16.6 Å². The lowest BCUT2D eigenvalue weighted by molar-refractivity contribution is -0.134. The Morgan fingerprint density at radius 2 is 2.25 bits per heavy atom. The molecule has 1 fully saturated rings. The molecule has 3 rings (SSSR count). The maximum atomic E-state index is 12.9. The Kier molecular flexibility index (Phi) is 3.36. The van der Waals surface area contributed by atoms with Crippen molar-refractivity contribution in [2.75, 3.05) is 13.2 Å². The Bertz CT molecular complexity index is 516. The zero-order valence-corrected chi connectivity index (χ0v) is 11.8. The van der Waals surface area contributed by atoms with E-state index in [1.807, 2.05) is 6.92 Å². The first kappa shape index (κ1) is 14.3. The van der Waals surface area contributed by atoms with Crippen LogP contribution in [0.15, 0.2) is 6.07 Å². The lowest BCUT2D eigenvalue weighted by atomic mass is 9.82. The van der Waals surface area contributed by atoms with Crippen molar-refractivity contribution >= 4 is 11.3 Å². The van der Waals surface area contributed by atoms with Crippen molar-refractivity contribution in [3.05, 3.63) is 21.4 Å². The summed E-state index contributed by atoms with van der Waals surface area (Å²) >= 11 is 0.716. The Morgan fingerprint density at radius 1 is 1.50 bits per heavy atom. The number of piperidine rings is 1. The number of rotatable bonds is 0. The van der Waals surface area contributed by atoms with E-state index in [0.29, 0.717) is 41.2 Å². The van der Waals surface area contributed by atoms with Crippen LogP contribution >= 0.6 is 11.3 Å². The number of nitrogens with one attached hydrogen (secondary N) is 1. The molecular weight excluding hydrogens is 291 g/mol. The second kappa shape index (κ2) is 4.69. The van der Waals surface area contributed by atoms with E-state index in [-0.39, 0.29) is 12.6 Å². The van der Waals surface area contributed by atoms with Gasteiger partial charge in [-0.05, 0) is 32.4 Å². The quantitative estimate of drug-likeness (QED) is 0.774. The average molecular weight is 307 g/mol. The fourth-order valence-corrected chi connectivity index (χ4v) is 4.33. The van der Waals surface area contributed by atoms with Gasteiger partial charge in [-0.25, -0.2) is 0 Å². The SMILES string of the molecule is CC1CC2(CCN1)OCC(O)c1cc(C(F)(F)F)sc12. The molecule has 3 unspecified atom stereocenters. The second-order valence-electron chi connectivity index (χ2n) is 5.52. The van der Waals surface area contributed by atoms with Crippen molar-refractivity contribution in [3.63, 3.8) is 0 Å². The van der Waals surface area contributed by atoms with E-state index in [1.165, 1.54) is 0 Å². The van der Waals surface area contributed by atoms with E-state index >= 15 is 0 Å². The van der Waals surface area contributed by atoms with Crippen LogP contribution in [0, 0.1) is 0 Å². The number of aliphatic hydroxyl groups is 1. The van der Waals surface area contributed by atoms with Gasteiger partial charge in [-0.15, -0.1) is 11.3 Å². The van der Waals surface area contributed by atoms with Gasteiger partial charge in [-0.3, -0.25) is 0 Å². The monoisotopic (exact) mass is 307 g/mol. The first-order chi connectivity index (χ1) is 9.32. The van der Waals surface area contributed by atoms with Crippen molar-refractivity contribution in [2.24, 2.45) is 0 Å². The van der Waals surface area contributed by atoms with Crippen LogP contribution in [0.5, 0.6) is 0 Å². The number of halogens is 3. The molecule has 1 saturated heterocycles. The largest absolute Gasteiger partial charge is 0.425 e. The van der Waals surface area contributed by atoms with E-state index < -0.39 is 22.8 Å². The molecule has 0 aliphatic carbocycles.